The molecule has 1 aromatic rings. The molecule has 22 heavy (non-hydrogen) atoms. The topological polar surface area (TPSA) is 80.6 Å². The Morgan fingerprint density at radius 1 is 1.45 bits per heavy atom. The van der Waals surface area contributed by atoms with Gasteiger partial charge in [0.05, 0.1) is 12.1 Å². The minimum Gasteiger partial charge on any atom is -0.379 e. The van der Waals surface area contributed by atoms with Gasteiger partial charge in [-0.2, -0.15) is 0 Å². The Hall–Kier alpha value is -1.38. The van der Waals surface area contributed by atoms with Crippen LogP contribution in [0.1, 0.15) is 30.3 Å². The summed E-state index contributed by atoms with van der Waals surface area (Å²) in [6.45, 7) is 3.11. The van der Waals surface area contributed by atoms with Crippen molar-refractivity contribution >= 4 is 15.9 Å². The lowest BCUT2D eigenvalue weighted by molar-refractivity contribution is 0.0270. The second kappa shape index (κ2) is 6.02. The lowest BCUT2D eigenvalue weighted by Crippen LogP contribution is -2.51. The quantitative estimate of drug-likeness (QED) is 0.876. The summed E-state index contributed by atoms with van der Waals surface area (Å²) < 4.78 is 32.3. The van der Waals surface area contributed by atoms with E-state index in [1.165, 1.54) is 30.9 Å². The summed E-state index contributed by atoms with van der Waals surface area (Å²) >= 11 is 0. The van der Waals surface area contributed by atoms with Gasteiger partial charge in [0.25, 0.3) is 5.91 Å². The van der Waals surface area contributed by atoms with Crippen molar-refractivity contribution in [3.8, 4) is 0 Å². The largest absolute Gasteiger partial charge is 0.379 e. The van der Waals surface area contributed by atoms with Crippen molar-refractivity contribution in [2.24, 2.45) is 7.05 Å². The molecule has 1 fully saturated rings. The maximum absolute atomic E-state index is 12.5. The normalized spacial score (nSPS) is 22.8. The zero-order valence-corrected chi connectivity index (χ0v) is 14.2. The molecular weight excluding hydrogens is 306 g/mol. The number of sulfonamides is 1. The lowest BCUT2D eigenvalue weighted by atomic mass is 9.95. The van der Waals surface area contributed by atoms with Gasteiger partial charge in [-0.1, -0.05) is 0 Å². The molecule has 1 atom stereocenters. The molecule has 1 aliphatic rings. The van der Waals surface area contributed by atoms with Crippen LogP contribution in [0.5, 0.6) is 0 Å². The Labute approximate surface area is 131 Å². The third-order valence-corrected chi connectivity index (χ3v) is 5.62. The van der Waals surface area contributed by atoms with Crippen LogP contribution in [0.3, 0.4) is 0 Å². The SMILES string of the molecule is CN(C)S(=O)(=O)c1cc(C(=O)NC2(C)CCCOC2)n(C)c1. The summed E-state index contributed by atoms with van der Waals surface area (Å²) in [5.41, 5.74) is -0.104. The van der Waals surface area contributed by atoms with Crippen molar-refractivity contribution in [2.75, 3.05) is 27.3 Å². The van der Waals surface area contributed by atoms with E-state index in [9.17, 15) is 13.2 Å². The number of rotatable bonds is 4. The first-order valence-electron chi connectivity index (χ1n) is 7.15. The van der Waals surface area contributed by atoms with Gasteiger partial charge in [0, 0.05) is 33.9 Å². The number of hydrogen-bond acceptors (Lipinski definition) is 4. The van der Waals surface area contributed by atoms with Crippen LogP contribution in [0.4, 0.5) is 0 Å². The molecule has 7 nitrogen and oxygen atoms in total. The van der Waals surface area contributed by atoms with Crippen molar-refractivity contribution < 1.29 is 17.9 Å². The number of aromatic nitrogens is 1. The molecular formula is C14H23N3O4S. The highest BCUT2D eigenvalue weighted by Gasteiger charge is 2.31. The first-order chi connectivity index (χ1) is 10.2. The van der Waals surface area contributed by atoms with Crippen molar-refractivity contribution in [2.45, 2.75) is 30.2 Å². The highest BCUT2D eigenvalue weighted by atomic mass is 32.2. The molecule has 124 valence electrons. The van der Waals surface area contributed by atoms with E-state index in [2.05, 4.69) is 5.32 Å². The molecule has 0 radical (unpaired) electrons. The number of ether oxygens (including phenoxy) is 1. The van der Waals surface area contributed by atoms with Gasteiger partial charge in [-0.15, -0.1) is 0 Å². The number of nitrogens with one attached hydrogen (secondary N) is 1. The maximum Gasteiger partial charge on any atom is 0.268 e. The van der Waals surface area contributed by atoms with Crippen molar-refractivity contribution in [1.29, 1.82) is 0 Å². The second-order valence-electron chi connectivity index (χ2n) is 6.13. The van der Waals surface area contributed by atoms with Gasteiger partial charge in [0.1, 0.15) is 10.6 Å². The minimum atomic E-state index is -3.55. The minimum absolute atomic E-state index is 0.107. The number of carbonyl (C=O) groups is 1. The van der Waals surface area contributed by atoms with E-state index in [0.29, 0.717) is 18.9 Å². The van der Waals surface area contributed by atoms with E-state index in [1.807, 2.05) is 6.92 Å². The summed E-state index contributed by atoms with van der Waals surface area (Å²) in [5.74, 6) is -0.296. The van der Waals surface area contributed by atoms with Crippen LogP contribution in [0.15, 0.2) is 17.2 Å². The second-order valence-corrected chi connectivity index (χ2v) is 8.28. The Morgan fingerprint density at radius 2 is 2.14 bits per heavy atom. The van der Waals surface area contributed by atoms with Crippen LogP contribution in [0, 0.1) is 0 Å². The van der Waals surface area contributed by atoms with Crippen molar-refractivity contribution in [1.82, 2.24) is 14.2 Å². The van der Waals surface area contributed by atoms with Gasteiger partial charge in [-0.25, -0.2) is 12.7 Å². The van der Waals surface area contributed by atoms with Crippen LogP contribution in [0.2, 0.25) is 0 Å². The average molecular weight is 329 g/mol. The Balaban J connectivity index is 2.22. The number of aryl methyl sites for hydroxylation is 1. The fraction of sp³-hybridized carbons (Fsp3) is 0.643. The van der Waals surface area contributed by atoms with Gasteiger partial charge in [0.2, 0.25) is 10.0 Å². The standard InChI is InChI=1S/C14H23N3O4S/c1-14(6-5-7-21-10-14)15-13(18)12-8-11(9-17(12)4)22(19,20)16(2)3/h8-9H,5-7,10H2,1-4H3,(H,15,18). The smallest absolute Gasteiger partial charge is 0.268 e. The van der Waals surface area contributed by atoms with E-state index < -0.39 is 15.6 Å². The van der Waals surface area contributed by atoms with E-state index in [1.54, 1.807) is 7.05 Å². The summed E-state index contributed by atoms with van der Waals surface area (Å²) in [7, 11) is 1.03. The van der Waals surface area contributed by atoms with Crippen LogP contribution in [0.25, 0.3) is 0 Å². The molecule has 1 aromatic heterocycles. The van der Waals surface area contributed by atoms with E-state index >= 15 is 0 Å². The van der Waals surface area contributed by atoms with Gasteiger partial charge in [-0.05, 0) is 25.8 Å². The summed E-state index contributed by atoms with van der Waals surface area (Å²) in [6.07, 6.45) is 3.18. The zero-order chi connectivity index (χ0) is 16.5. The molecule has 0 aromatic carbocycles. The van der Waals surface area contributed by atoms with Gasteiger partial charge >= 0.3 is 0 Å². The molecule has 0 bridgehead atoms. The van der Waals surface area contributed by atoms with Crippen molar-refractivity contribution in [3.63, 3.8) is 0 Å². The Bertz CT molecular complexity index is 658. The number of amides is 1. The van der Waals surface area contributed by atoms with Crippen LogP contribution in [-0.4, -0.2) is 56.0 Å². The van der Waals surface area contributed by atoms with E-state index in [-0.39, 0.29) is 10.8 Å². The zero-order valence-electron chi connectivity index (χ0n) is 13.4. The average Bonchev–Trinajstić information content (AvgIpc) is 2.81. The molecule has 1 amide bonds. The third-order valence-electron chi connectivity index (χ3n) is 3.84. The molecule has 2 heterocycles. The molecule has 1 aliphatic heterocycles. The molecule has 0 aliphatic carbocycles. The molecule has 1 unspecified atom stereocenters. The molecule has 2 rings (SSSR count). The molecule has 8 heteroatoms. The van der Waals surface area contributed by atoms with Crippen LogP contribution >= 0.6 is 0 Å². The lowest BCUT2D eigenvalue weighted by Gasteiger charge is -2.34. The highest BCUT2D eigenvalue weighted by molar-refractivity contribution is 7.89. The van der Waals surface area contributed by atoms with Gasteiger partial charge in [0.15, 0.2) is 0 Å². The predicted octanol–water partition coefficient (Wildman–Crippen LogP) is 0.574. The van der Waals surface area contributed by atoms with Gasteiger partial charge in [-0.3, -0.25) is 4.79 Å². The fourth-order valence-corrected chi connectivity index (χ4v) is 3.46. The summed E-state index contributed by atoms with van der Waals surface area (Å²) in [5, 5.41) is 2.95. The Morgan fingerprint density at radius 3 is 2.68 bits per heavy atom. The third kappa shape index (κ3) is 3.34. The Kier molecular flexibility index (Phi) is 4.65. The van der Waals surface area contributed by atoms with E-state index in [0.717, 1.165) is 17.1 Å². The predicted molar refractivity (Wildman–Crippen MR) is 82.2 cm³/mol. The number of nitrogens with zero attached hydrogens (tertiary/aromatic N) is 2. The maximum atomic E-state index is 12.5. The number of hydrogen-bond donors (Lipinski definition) is 1. The first-order valence-corrected chi connectivity index (χ1v) is 8.59. The molecule has 0 spiro atoms. The summed E-state index contributed by atoms with van der Waals surface area (Å²) in [4.78, 5) is 12.6. The van der Waals surface area contributed by atoms with E-state index in [4.69, 9.17) is 4.74 Å². The van der Waals surface area contributed by atoms with Crippen molar-refractivity contribution in [3.05, 3.63) is 18.0 Å². The molecule has 0 saturated carbocycles. The van der Waals surface area contributed by atoms with Crippen LogP contribution in [-0.2, 0) is 21.8 Å². The van der Waals surface area contributed by atoms with Crippen LogP contribution < -0.4 is 5.32 Å². The number of carbonyl (C=O) groups excluding carboxylic acids is 1. The van der Waals surface area contributed by atoms with Gasteiger partial charge < -0.3 is 14.6 Å². The highest BCUT2D eigenvalue weighted by Crippen LogP contribution is 2.21. The molecule has 1 saturated heterocycles. The first kappa shape index (κ1) is 17.0. The summed E-state index contributed by atoms with van der Waals surface area (Å²) in [6, 6.07) is 1.40. The monoisotopic (exact) mass is 329 g/mol. The fourth-order valence-electron chi connectivity index (χ4n) is 2.48. The molecule has 1 N–H and O–H groups in total.